The minimum atomic E-state index is -0.267. The molecule has 0 aliphatic heterocycles. The number of hydrogen-bond acceptors (Lipinski definition) is 2. The van der Waals surface area contributed by atoms with Crippen LogP contribution in [0.5, 0.6) is 5.75 Å². The Balaban J connectivity index is 2.93. The molecule has 2 heteroatoms. The highest BCUT2D eigenvalue weighted by molar-refractivity contribution is 5.33. The first kappa shape index (κ1) is 14.0. The van der Waals surface area contributed by atoms with Crippen LogP contribution in [0.4, 0.5) is 0 Å². The first-order valence-corrected chi connectivity index (χ1v) is 6.30. The van der Waals surface area contributed by atoms with Crippen LogP contribution in [-0.4, -0.2) is 12.1 Å². The highest BCUT2D eigenvalue weighted by Crippen LogP contribution is 2.28. The van der Waals surface area contributed by atoms with Gasteiger partial charge < -0.3 is 10.5 Å². The van der Waals surface area contributed by atoms with Crippen molar-refractivity contribution in [2.75, 3.05) is 6.54 Å². The minimum Gasteiger partial charge on any atom is -0.486 e. The summed E-state index contributed by atoms with van der Waals surface area (Å²) in [5.41, 5.74) is 6.92. The van der Waals surface area contributed by atoms with Gasteiger partial charge in [-0.05, 0) is 36.5 Å². The van der Waals surface area contributed by atoms with E-state index in [-0.39, 0.29) is 11.0 Å². The van der Waals surface area contributed by atoms with Crippen molar-refractivity contribution in [1.29, 1.82) is 0 Å². The minimum absolute atomic E-state index is 0.144. The topological polar surface area (TPSA) is 35.2 Å². The Morgan fingerprint density at radius 2 is 1.82 bits per heavy atom. The summed E-state index contributed by atoms with van der Waals surface area (Å²) in [6.07, 6.45) is 0.906. The van der Waals surface area contributed by atoms with Crippen LogP contribution < -0.4 is 10.5 Å². The van der Waals surface area contributed by atoms with Crippen LogP contribution in [-0.2, 0) is 5.41 Å². The van der Waals surface area contributed by atoms with Gasteiger partial charge in [0, 0.05) is 6.54 Å². The zero-order chi connectivity index (χ0) is 13.1. The molecule has 1 unspecified atom stereocenters. The van der Waals surface area contributed by atoms with Crippen molar-refractivity contribution in [3.8, 4) is 5.75 Å². The predicted octanol–water partition coefficient (Wildman–Crippen LogP) is 3.49. The number of hydrogen-bond donors (Lipinski definition) is 1. The molecule has 17 heavy (non-hydrogen) atoms. The molecule has 0 bridgehead atoms. The van der Waals surface area contributed by atoms with Gasteiger partial charge in [-0.3, -0.25) is 0 Å². The van der Waals surface area contributed by atoms with Gasteiger partial charge in [0.2, 0.25) is 0 Å². The predicted molar refractivity (Wildman–Crippen MR) is 73.5 cm³/mol. The zero-order valence-corrected chi connectivity index (χ0v) is 11.7. The summed E-state index contributed by atoms with van der Waals surface area (Å²) in [6, 6.07) is 8.30. The van der Waals surface area contributed by atoms with Crippen LogP contribution in [0.3, 0.4) is 0 Å². The second-order valence-electron chi connectivity index (χ2n) is 5.89. The first-order chi connectivity index (χ1) is 7.80. The monoisotopic (exact) mass is 235 g/mol. The third-order valence-corrected chi connectivity index (χ3v) is 3.24. The van der Waals surface area contributed by atoms with Crippen LogP contribution >= 0.6 is 0 Å². The van der Waals surface area contributed by atoms with Crippen LogP contribution in [0.2, 0.25) is 0 Å². The summed E-state index contributed by atoms with van der Waals surface area (Å²) >= 11 is 0. The molecule has 0 aromatic heterocycles. The van der Waals surface area contributed by atoms with Gasteiger partial charge in [-0.25, -0.2) is 0 Å². The Bertz CT molecular complexity index is 361. The van der Waals surface area contributed by atoms with E-state index in [4.69, 9.17) is 10.5 Å². The van der Waals surface area contributed by atoms with E-state index in [2.05, 4.69) is 46.8 Å². The normalized spacial score (nSPS) is 15.4. The van der Waals surface area contributed by atoms with Crippen LogP contribution in [0.1, 0.15) is 46.6 Å². The van der Waals surface area contributed by atoms with Crippen LogP contribution in [0.15, 0.2) is 24.3 Å². The smallest absolute Gasteiger partial charge is 0.120 e. The molecule has 1 aromatic rings. The van der Waals surface area contributed by atoms with E-state index in [9.17, 15) is 0 Å². The van der Waals surface area contributed by atoms with Gasteiger partial charge in [-0.15, -0.1) is 0 Å². The number of benzene rings is 1. The standard InChI is InChI=1S/C15H25NO/c1-6-15(5,11-16)17-13-9-7-8-12(10-13)14(2,3)4/h7-10H,6,11,16H2,1-5H3. The van der Waals surface area contributed by atoms with E-state index >= 15 is 0 Å². The Morgan fingerprint density at radius 3 is 2.29 bits per heavy atom. The largest absolute Gasteiger partial charge is 0.486 e. The quantitative estimate of drug-likeness (QED) is 0.867. The van der Waals surface area contributed by atoms with E-state index < -0.39 is 0 Å². The van der Waals surface area contributed by atoms with E-state index in [1.165, 1.54) is 5.56 Å². The van der Waals surface area contributed by atoms with Gasteiger partial charge in [-0.1, -0.05) is 39.8 Å². The molecule has 2 N–H and O–H groups in total. The van der Waals surface area contributed by atoms with E-state index in [1.807, 2.05) is 12.1 Å². The molecule has 0 saturated heterocycles. The van der Waals surface area contributed by atoms with Crippen molar-refractivity contribution in [2.24, 2.45) is 5.73 Å². The lowest BCUT2D eigenvalue weighted by Crippen LogP contribution is -2.39. The maximum atomic E-state index is 6.01. The fourth-order valence-corrected chi connectivity index (χ4v) is 1.57. The molecule has 2 nitrogen and oxygen atoms in total. The maximum absolute atomic E-state index is 6.01. The molecule has 96 valence electrons. The van der Waals surface area contributed by atoms with Gasteiger partial charge in [0.1, 0.15) is 11.4 Å². The lowest BCUT2D eigenvalue weighted by Gasteiger charge is -2.29. The van der Waals surface area contributed by atoms with E-state index in [1.54, 1.807) is 0 Å². The number of ether oxygens (including phenoxy) is 1. The van der Waals surface area contributed by atoms with Crippen molar-refractivity contribution >= 4 is 0 Å². The third kappa shape index (κ3) is 3.74. The van der Waals surface area contributed by atoms with Crippen LogP contribution in [0, 0.1) is 0 Å². The van der Waals surface area contributed by atoms with Gasteiger partial charge in [0.05, 0.1) is 0 Å². The Hall–Kier alpha value is -1.02. The maximum Gasteiger partial charge on any atom is 0.120 e. The van der Waals surface area contributed by atoms with Crippen molar-refractivity contribution in [3.05, 3.63) is 29.8 Å². The summed E-state index contributed by atoms with van der Waals surface area (Å²) < 4.78 is 6.01. The van der Waals surface area contributed by atoms with Crippen molar-refractivity contribution in [3.63, 3.8) is 0 Å². The zero-order valence-electron chi connectivity index (χ0n) is 11.7. The summed E-state index contributed by atoms with van der Waals surface area (Å²) in [5, 5.41) is 0. The summed E-state index contributed by atoms with van der Waals surface area (Å²) in [6.45, 7) is 11.3. The average molecular weight is 235 g/mol. The van der Waals surface area contributed by atoms with E-state index in [0.29, 0.717) is 6.54 Å². The fraction of sp³-hybridized carbons (Fsp3) is 0.600. The summed E-state index contributed by atoms with van der Waals surface area (Å²) in [7, 11) is 0. The summed E-state index contributed by atoms with van der Waals surface area (Å²) in [5.74, 6) is 0.909. The Labute approximate surface area is 105 Å². The lowest BCUT2D eigenvalue weighted by molar-refractivity contribution is 0.0933. The average Bonchev–Trinajstić information content (AvgIpc) is 2.28. The molecule has 0 heterocycles. The Kier molecular flexibility index (Phi) is 4.21. The first-order valence-electron chi connectivity index (χ1n) is 6.30. The molecule has 0 aliphatic carbocycles. The van der Waals surface area contributed by atoms with Crippen LogP contribution in [0.25, 0.3) is 0 Å². The van der Waals surface area contributed by atoms with Crippen molar-refractivity contribution in [2.45, 2.75) is 52.1 Å². The molecule has 0 saturated carbocycles. The second-order valence-corrected chi connectivity index (χ2v) is 5.89. The van der Waals surface area contributed by atoms with Gasteiger partial charge >= 0.3 is 0 Å². The molecule has 0 spiro atoms. The highest BCUT2D eigenvalue weighted by atomic mass is 16.5. The van der Waals surface area contributed by atoms with Gasteiger partial charge in [0.25, 0.3) is 0 Å². The molecule has 0 radical (unpaired) electrons. The highest BCUT2D eigenvalue weighted by Gasteiger charge is 2.22. The number of rotatable bonds is 4. The van der Waals surface area contributed by atoms with Crippen molar-refractivity contribution < 1.29 is 4.74 Å². The SMILES string of the molecule is CCC(C)(CN)Oc1cccc(C(C)(C)C)c1. The lowest BCUT2D eigenvalue weighted by atomic mass is 9.87. The fourth-order valence-electron chi connectivity index (χ4n) is 1.57. The molecule has 0 amide bonds. The molecule has 0 fully saturated rings. The van der Waals surface area contributed by atoms with Gasteiger partial charge in [0.15, 0.2) is 0 Å². The van der Waals surface area contributed by atoms with Crippen molar-refractivity contribution in [1.82, 2.24) is 0 Å². The third-order valence-electron chi connectivity index (χ3n) is 3.24. The van der Waals surface area contributed by atoms with Gasteiger partial charge in [-0.2, -0.15) is 0 Å². The molecular formula is C15H25NO. The molecule has 1 aromatic carbocycles. The number of nitrogens with two attached hydrogens (primary N) is 1. The molecule has 0 aliphatic rings. The Morgan fingerprint density at radius 1 is 1.18 bits per heavy atom. The van der Waals surface area contributed by atoms with E-state index in [0.717, 1.165) is 12.2 Å². The second kappa shape index (κ2) is 5.09. The summed E-state index contributed by atoms with van der Waals surface area (Å²) in [4.78, 5) is 0. The molecule has 1 rings (SSSR count). The molecular weight excluding hydrogens is 210 g/mol. The molecule has 1 atom stereocenters.